The standard InChI is InChI=1S/C13H13N3O3/c17-10-4-2-9(3-5-10)8-11(12(18)19)16-13-14-6-1-7-15-13/h1-7,11,17H,8H2,(H,18,19)(H,14,15,16)/t11-/m0/s1. The molecule has 1 heterocycles. The third kappa shape index (κ3) is 3.67. The molecule has 6 heteroatoms. The molecule has 1 atom stereocenters. The molecule has 0 bridgehead atoms. The van der Waals surface area contributed by atoms with E-state index in [1.165, 1.54) is 24.5 Å². The fourth-order valence-corrected chi connectivity index (χ4v) is 1.60. The second-order valence-electron chi connectivity index (χ2n) is 3.98. The molecule has 0 saturated heterocycles. The van der Waals surface area contributed by atoms with Crippen LogP contribution in [0, 0.1) is 0 Å². The number of hydrogen-bond acceptors (Lipinski definition) is 5. The van der Waals surface area contributed by atoms with Gasteiger partial charge < -0.3 is 15.5 Å². The summed E-state index contributed by atoms with van der Waals surface area (Å²) in [7, 11) is 0. The Kier molecular flexibility index (Phi) is 3.92. The number of nitrogens with zero attached hydrogens (tertiary/aromatic N) is 2. The summed E-state index contributed by atoms with van der Waals surface area (Å²) in [4.78, 5) is 19.1. The zero-order chi connectivity index (χ0) is 13.7. The van der Waals surface area contributed by atoms with Gasteiger partial charge in [-0.3, -0.25) is 0 Å². The van der Waals surface area contributed by atoms with Gasteiger partial charge in [-0.15, -0.1) is 0 Å². The number of anilines is 1. The van der Waals surface area contributed by atoms with Crippen LogP contribution in [0.15, 0.2) is 42.7 Å². The van der Waals surface area contributed by atoms with E-state index in [9.17, 15) is 15.0 Å². The molecule has 0 amide bonds. The SMILES string of the molecule is O=C(O)[C@H](Cc1ccc(O)cc1)Nc1ncccn1. The number of aliphatic carboxylic acids is 1. The molecule has 0 aliphatic rings. The topological polar surface area (TPSA) is 95.3 Å². The monoisotopic (exact) mass is 259 g/mol. The number of carboxylic acid groups (broad SMARTS) is 1. The highest BCUT2D eigenvalue weighted by atomic mass is 16.4. The second kappa shape index (κ2) is 5.81. The maximum absolute atomic E-state index is 11.2. The lowest BCUT2D eigenvalue weighted by Gasteiger charge is -2.14. The maximum atomic E-state index is 11.2. The molecule has 0 radical (unpaired) electrons. The average molecular weight is 259 g/mol. The third-order valence-corrected chi connectivity index (χ3v) is 2.54. The van der Waals surface area contributed by atoms with E-state index in [2.05, 4.69) is 15.3 Å². The number of hydrogen-bond donors (Lipinski definition) is 3. The Morgan fingerprint density at radius 3 is 2.42 bits per heavy atom. The Hall–Kier alpha value is -2.63. The van der Waals surface area contributed by atoms with Gasteiger partial charge in [0, 0.05) is 18.8 Å². The molecule has 3 N–H and O–H groups in total. The van der Waals surface area contributed by atoms with Crippen LogP contribution in [0.5, 0.6) is 5.75 Å². The highest BCUT2D eigenvalue weighted by Gasteiger charge is 2.18. The molecule has 0 spiro atoms. The van der Waals surface area contributed by atoms with Crippen LogP contribution in [-0.4, -0.2) is 32.2 Å². The van der Waals surface area contributed by atoms with Crippen molar-refractivity contribution in [3.05, 3.63) is 48.3 Å². The van der Waals surface area contributed by atoms with Crippen molar-refractivity contribution < 1.29 is 15.0 Å². The lowest BCUT2D eigenvalue weighted by molar-refractivity contribution is -0.137. The van der Waals surface area contributed by atoms with Crippen molar-refractivity contribution in [3.63, 3.8) is 0 Å². The summed E-state index contributed by atoms with van der Waals surface area (Å²) in [6.07, 6.45) is 3.34. The van der Waals surface area contributed by atoms with Crippen molar-refractivity contribution in [1.82, 2.24) is 9.97 Å². The van der Waals surface area contributed by atoms with Crippen LogP contribution in [0.3, 0.4) is 0 Å². The van der Waals surface area contributed by atoms with Gasteiger partial charge in [0.2, 0.25) is 5.95 Å². The third-order valence-electron chi connectivity index (χ3n) is 2.54. The highest BCUT2D eigenvalue weighted by Crippen LogP contribution is 2.12. The number of carboxylic acids is 1. The molecule has 0 unspecified atom stereocenters. The number of benzene rings is 1. The molecule has 0 fully saturated rings. The maximum Gasteiger partial charge on any atom is 0.326 e. The molecule has 0 aliphatic carbocycles. The Labute approximate surface area is 109 Å². The van der Waals surface area contributed by atoms with Crippen molar-refractivity contribution >= 4 is 11.9 Å². The van der Waals surface area contributed by atoms with Gasteiger partial charge in [0.05, 0.1) is 0 Å². The van der Waals surface area contributed by atoms with E-state index in [4.69, 9.17) is 0 Å². The average Bonchev–Trinajstić information content (AvgIpc) is 2.41. The van der Waals surface area contributed by atoms with E-state index in [-0.39, 0.29) is 18.1 Å². The predicted octanol–water partition coefficient (Wildman–Crippen LogP) is 1.29. The minimum absolute atomic E-state index is 0.148. The van der Waals surface area contributed by atoms with Gasteiger partial charge in [0.1, 0.15) is 11.8 Å². The number of aromatic nitrogens is 2. The number of rotatable bonds is 5. The molecule has 6 nitrogen and oxygen atoms in total. The number of phenols is 1. The Morgan fingerprint density at radius 2 is 1.84 bits per heavy atom. The van der Waals surface area contributed by atoms with Crippen LogP contribution in [-0.2, 0) is 11.2 Å². The van der Waals surface area contributed by atoms with Crippen LogP contribution in [0.2, 0.25) is 0 Å². The zero-order valence-corrected chi connectivity index (χ0v) is 10.0. The fraction of sp³-hybridized carbons (Fsp3) is 0.154. The lowest BCUT2D eigenvalue weighted by Crippen LogP contribution is -2.32. The summed E-state index contributed by atoms with van der Waals surface area (Å²) in [6.45, 7) is 0. The minimum Gasteiger partial charge on any atom is -0.508 e. The number of nitrogens with one attached hydrogen (secondary N) is 1. The first kappa shape index (κ1) is 12.8. The summed E-state index contributed by atoms with van der Waals surface area (Å²) in [5.74, 6) is -0.566. The minimum atomic E-state index is -0.986. The summed E-state index contributed by atoms with van der Waals surface area (Å²) in [5.41, 5.74) is 0.800. The molecule has 1 aromatic heterocycles. The van der Waals surface area contributed by atoms with Crippen molar-refractivity contribution in [3.8, 4) is 5.75 Å². The van der Waals surface area contributed by atoms with E-state index in [0.29, 0.717) is 0 Å². The summed E-state index contributed by atoms with van der Waals surface area (Å²) < 4.78 is 0. The van der Waals surface area contributed by atoms with Gasteiger partial charge in [-0.2, -0.15) is 0 Å². The lowest BCUT2D eigenvalue weighted by atomic mass is 10.1. The van der Waals surface area contributed by atoms with Crippen molar-refractivity contribution in [2.45, 2.75) is 12.5 Å². The van der Waals surface area contributed by atoms with Gasteiger partial charge in [0.25, 0.3) is 0 Å². The quantitative estimate of drug-likeness (QED) is 0.749. The molecule has 2 aromatic rings. The van der Waals surface area contributed by atoms with Crippen LogP contribution >= 0.6 is 0 Å². The van der Waals surface area contributed by atoms with Crippen LogP contribution < -0.4 is 5.32 Å². The number of phenolic OH excluding ortho intramolecular Hbond substituents is 1. The van der Waals surface area contributed by atoms with Gasteiger partial charge in [-0.1, -0.05) is 12.1 Å². The number of carbonyl (C=O) groups is 1. The van der Waals surface area contributed by atoms with Crippen molar-refractivity contribution in [1.29, 1.82) is 0 Å². The number of aromatic hydroxyl groups is 1. The van der Waals surface area contributed by atoms with E-state index in [1.807, 2.05) is 0 Å². The molecule has 2 rings (SSSR count). The normalized spacial score (nSPS) is 11.8. The molecule has 1 aromatic carbocycles. The summed E-state index contributed by atoms with van der Waals surface area (Å²) in [5, 5.41) is 21.1. The fourth-order valence-electron chi connectivity index (χ4n) is 1.60. The molecular weight excluding hydrogens is 246 g/mol. The van der Waals surface area contributed by atoms with E-state index < -0.39 is 12.0 Å². The largest absolute Gasteiger partial charge is 0.508 e. The molecule has 98 valence electrons. The summed E-state index contributed by atoms with van der Waals surface area (Å²) >= 11 is 0. The van der Waals surface area contributed by atoms with Gasteiger partial charge in [-0.25, -0.2) is 14.8 Å². The Bertz CT molecular complexity index is 543. The van der Waals surface area contributed by atoms with E-state index in [0.717, 1.165) is 5.56 Å². The van der Waals surface area contributed by atoms with Gasteiger partial charge in [-0.05, 0) is 23.8 Å². The van der Waals surface area contributed by atoms with Gasteiger partial charge >= 0.3 is 5.97 Å². The first-order valence-electron chi connectivity index (χ1n) is 5.69. The van der Waals surface area contributed by atoms with Crippen LogP contribution in [0.25, 0.3) is 0 Å². The Morgan fingerprint density at radius 1 is 1.21 bits per heavy atom. The van der Waals surface area contributed by atoms with Crippen molar-refractivity contribution in [2.75, 3.05) is 5.32 Å². The van der Waals surface area contributed by atoms with E-state index in [1.54, 1.807) is 18.2 Å². The first-order valence-corrected chi connectivity index (χ1v) is 5.69. The van der Waals surface area contributed by atoms with Gasteiger partial charge in [0.15, 0.2) is 0 Å². The Balaban J connectivity index is 2.08. The van der Waals surface area contributed by atoms with E-state index >= 15 is 0 Å². The first-order chi connectivity index (χ1) is 9.15. The molecular formula is C13H13N3O3. The molecule has 0 aliphatic heterocycles. The summed E-state index contributed by atoms with van der Waals surface area (Å²) in [6, 6.07) is 7.23. The van der Waals surface area contributed by atoms with Crippen molar-refractivity contribution in [2.24, 2.45) is 0 Å². The zero-order valence-electron chi connectivity index (χ0n) is 10.0. The molecule has 19 heavy (non-hydrogen) atoms. The molecule has 0 saturated carbocycles. The smallest absolute Gasteiger partial charge is 0.326 e. The predicted molar refractivity (Wildman–Crippen MR) is 68.9 cm³/mol. The second-order valence-corrected chi connectivity index (χ2v) is 3.98. The highest BCUT2D eigenvalue weighted by molar-refractivity contribution is 5.77. The van der Waals surface area contributed by atoms with Crippen LogP contribution in [0.1, 0.15) is 5.56 Å². The van der Waals surface area contributed by atoms with Crippen LogP contribution in [0.4, 0.5) is 5.95 Å².